The summed E-state index contributed by atoms with van der Waals surface area (Å²) in [4.78, 5) is 8.03. The highest BCUT2D eigenvalue weighted by Gasteiger charge is 2.24. The van der Waals surface area contributed by atoms with Crippen molar-refractivity contribution in [1.82, 2.24) is 9.97 Å². The SMILES string of the molecule is CCCCNc1nc(N)ncc1OCc1ccccc1OC(C)(F)F. The van der Waals surface area contributed by atoms with Crippen LogP contribution in [0, 0.1) is 0 Å². The maximum atomic E-state index is 13.1. The lowest BCUT2D eigenvalue weighted by Gasteiger charge is -2.17. The van der Waals surface area contributed by atoms with Gasteiger partial charge in [-0.3, -0.25) is 0 Å². The van der Waals surface area contributed by atoms with Crippen LogP contribution in [0.4, 0.5) is 20.5 Å². The van der Waals surface area contributed by atoms with Crippen molar-refractivity contribution in [2.75, 3.05) is 17.6 Å². The molecule has 2 rings (SSSR count). The minimum atomic E-state index is -3.27. The first kappa shape index (κ1) is 18.7. The zero-order chi connectivity index (χ0) is 18.3. The molecule has 1 aromatic carbocycles. The van der Waals surface area contributed by atoms with E-state index in [1.165, 1.54) is 12.3 Å². The van der Waals surface area contributed by atoms with Crippen LogP contribution in [0.3, 0.4) is 0 Å². The summed E-state index contributed by atoms with van der Waals surface area (Å²) in [6.45, 7) is 3.51. The molecular formula is C17H22F2N4O2. The fraction of sp³-hybridized carbons (Fsp3) is 0.412. The number of nitrogen functional groups attached to an aromatic ring is 1. The second-order valence-electron chi connectivity index (χ2n) is 5.53. The predicted molar refractivity (Wildman–Crippen MR) is 91.9 cm³/mol. The number of hydrogen-bond donors (Lipinski definition) is 2. The number of benzene rings is 1. The van der Waals surface area contributed by atoms with Gasteiger partial charge in [0.2, 0.25) is 5.95 Å². The molecule has 0 aliphatic rings. The molecule has 0 saturated carbocycles. The summed E-state index contributed by atoms with van der Waals surface area (Å²) in [5.74, 6) is 1.05. The molecule has 0 bridgehead atoms. The summed E-state index contributed by atoms with van der Waals surface area (Å²) in [6, 6.07) is 6.47. The third-order valence-electron chi connectivity index (χ3n) is 3.24. The smallest absolute Gasteiger partial charge is 0.394 e. The van der Waals surface area contributed by atoms with E-state index >= 15 is 0 Å². The number of alkyl halides is 2. The number of hydrogen-bond acceptors (Lipinski definition) is 6. The Morgan fingerprint density at radius 1 is 1.24 bits per heavy atom. The Kier molecular flexibility index (Phi) is 6.32. The van der Waals surface area contributed by atoms with Gasteiger partial charge in [0.05, 0.1) is 6.20 Å². The van der Waals surface area contributed by atoms with Crippen LogP contribution >= 0.6 is 0 Å². The normalized spacial score (nSPS) is 11.2. The first-order valence-electron chi connectivity index (χ1n) is 8.03. The summed E-state index contributed by atoms with van der Waals surface area (Å²) in [7, 11) is 0. The van der Waals surface area contributed by atoms with Gasteiger partial charge in [0.25, 0.3) is 0 Å². The van der Waals surface area contributed by atoms with Crippen molar-refractivity contribution in [1.29, 1.82) is 0 Å². The average Bonchev–Trinajstić information content (AvgIpc) is 2.54. The number of unbranched alkanes of at least 4 members (excludes halogenated alkanes) is 1. The second-order valence-corrected chi connectivity index (χ2v) is 5.53. The van der Waals surface area contributed by atoms with E-state index in [2.05, 4.69) is 26.9 Å². The molecule has 1 heterocycles. The molecule has 0 fully saturated rings. The van der Waals surface area contributed by atoms with Gasteiger partial charge >= 0.3 is 6.11 Å². The zero-order valence-electron chi connectivity index (χ0n) is 14.3. The van der Waals surface area contributed by atoms with Crippen LogP contribution in [-0.2, 0) is 6.61 Å². The Bertz CT molecular complexity index is 693. The minimum Gasteiger partial charge on any atom is -0.483 e. The van der Waals surface area contributed by atoms with Gasteiger partial charge in [0.15, 0.2) is 11.6 Å². The zero-order valence-corrected chi connectivity index (χ0v) is 14.3. The third kappa shape index (κ3) is 6.06. The molecule has 0 amide bonds. The topological polar surface area (TPSA) is 82.3 Å². The summed E-state index contributed by atoms with van der Waals surface area (Å²) in [6.07, 6.45) is 0.174. The third-order valence-corrected chi connectivity index (χ3v) is 3.24. The summed E-state index contributed by atoms with van der Waals surface area (Å²) in [5.41, 5.74) is 6.10. The molecule has 8 heteroatoms. The van der Waals surface area contributed by atoms with E-state index in [0.717, 1.165) is 12.8 Å². The van der Waals surface area contributed by atoms with E-state index < -0.39 is 6.11 Å². The van der Waals surface area contributed by atoms with Crippen molar-refractivity contribution in [3.63, 3.8) is 0 Å². The van der Waals surface area contributed by atoms with Crippen LogP contribution in [0.1, 0.15) is 32.3 Å². The molecule has 6 nitrogen and oxygen atoms in total. The molecule has 0 radical (unpaired) electrons. The Balaban J connectivity index is 2.11. The van der Waals surface area contributed by atoms with Crippen LogP contribution in [0.25, 0.3) is 0 Å². The molecule has 25 heavy (non-hydrogen) atoms. The molecule has 0 aliphatic carbocycles. The molecule has 0 aliphatic heterocycles. The Morgan fingerprint density at radius 2 is 2.00 bits per heavy atom. The number of para-hydroxylation sites is 1. The van der Waals surface area contributed by atoms with Crippen molar-refractivity contribution in [3.05, 3.63) is 36.0 Å². The average molecular weight is 352 g/mol. The molecule has 1 aromatic heterocycles. The number of nitrogens with two attached hydrogens (primary N) is 1. The van der Waals surface area contributed by atoms with Gasteiger partial charge in [-0.05, 0) is 12.5 Å². The second kappa shape index (κ2) is 8.46. The molecule has 0 spiro atoms. The maximum Gasteiger partial charge on any atom is 0.394 e. The predicted octanol–water partition coefficient (Wildman–Crippen LogP) is 3.84. The maximum absolute atomic E-state index is 13.1. The van der Waals surface area contributed by atoms with Crippen molar-refractivity contribution >= 4 is 11.8 Å². The fourth-order valence-electron chi connectivity index (χ4n) is 2.07. The van der Waals surface area contributed by atoms with E-state index in [4.69, 9.17) is 10.5 Å². The van der Waals surface area contributed by atoms with E-state index in [1.54, 1.807) is 18.2 Å². The monoisotopic (exact) mass is 352 g/mol. The first-order valence-corrected chi connectivity index (χ1v) is 8.03. The van der Waals surface area contributed by atoms with Gasteiger partial charge in [-0.2, -0.15) is 13.8 Å². The molecule has 0 unspecified atom stereocenters. The number of aromatic nitrogens is 2. The quantitative estimate of drug-likeness (QED) is 0.667. The van der Waals surface area contributed by atoms with Crippen LogP contribution in [0.15, 0.2) is 30.5 Å². The fourth-order valence-corrected chi connectivity index (χ4v) is 2.07. The van der Waals surface area contributed by atoms with Crippen molar-refractivity contribution in [2.45, 2.75) is 39.4 Å². The highest BCUT2D eigenvalue weighted by Crippen LogP contribution is 2.28. The van der Waals surface area contributed by atoms with E-state index in [0.29, 0.717) is 30.6 Å². The lowest BCUT2D eigenvalue weighted by molar-refractivity contribution is -0.159. The summed E-state index contributed by atoms with van der Waals surface area (Å²) >= 11 is 0. The van der Waals surface area contributed by atoms with Gasteiger partial charge < -0.3 is 20.5 Å². The van der Waals surface area contributed by atoms with Gasteiger partial charge in [-0.1, -0.05) is 31.5 Å². The largest absolute Gasteiger partial charge is 0.483 e. The summed E-state index contributed by atoms with van der Waals surface area (Å²) in [5, 5.41) is 3.14. The standard InChI is InChI=1S/C17H22F2N4O2/c1-3-4-9-21-15-14(10-22-16(20)23-15)24-11-12-7-5-6-8-13(12)25-17(2,18)19/h5-8,10H,3-4,9,11H2,1-2H3,(H3,20,21,22,23). The van der Waals surface area contributed by atoms with Gasteiger partial charge in [0, 0.05) is 19.0 Å². The Hall–Kier alpha value is -2.64. The highest BCUT2D eigenvalue weighted by molar-refractivity contribution is 5.51. The number of rotatable bonds is 9. The number of halogens is 2. The van der Waals surface area contributed by atoms with Gasteiger partial charge in [-0.15, -0.1) is 0 Å². The Morgan fingerprint density at radius 3 is 2.72 bits per heavy atom. The summed E-state index contributed by atoms with van der Waals surface area (Å²) < 4.78 is 36.6. The number of nitrogens with one attached hydrogen (secondary N) is 1. The van der Waals surface area contributed by atoms with E-state index in [1.807, 2.05) is 0 Å². The molecule has 3 N–H and O–H groups in total. The van der Waals surface area contributed by atoms with Gasteiger partial charge in [-0.25, -0.2) is 4.98 Å². The highest BCUT2D eigenvalue weighted by atomic mass is 19.3. The van der Waals surface area contributed by atoms with Crippen LogP contribution < -0.4 is 20.5 Å². The number of anilines is 2. The number of ether oxygens (including phenoxy) is 2. The molecule has 2 aromatic rings. The minimum absolute atomic E-state index is 0.0298. The van der Waals surface area contributed by atoms with Crippen LogP contribution in [0.5, 0.6) is 11.5 Å². The lowest BCUT2D eigenvalue weighted by Crippen LogP contribution is -2.20. The molecule has 136 valence electrons. The molecular weight excluding hydrogens is 330 g/mol. The lowest BCUT2D eigenvalue weighted by atomic mass is 10.2. The molecule has 0 saturated heterocycles. The Labute approximate surface area is 145 Å². The first-order chi connectivity index (χ1) is 11.9. The van der Waals surface area contributed by atoms with E-state index in [9.17, 15) is 8.78 Å². The van der Waals surface area contributed by atoms with Crippen LogP contribution in [-0.4, -0.2) is 22.6 Å². The number of nitrogens with zero attached hydrogens (tertiary/aromatic N) is 2. The molecule has 0 atom stereocenters. The van der Waals surface area contributed by atoms with Crippen molar-refractivity contribution in [3.8, 4) is 11.5 Å². The van der Waals surface area contributed by atoms with Crippen molar-refractivity contribution < 1.29 is 18.3 Å². The van der Waals surface area contributed by atoms with Crippen molar-refractivity contribution in [2.24, 2.45) is 0 Å². The van der Waals surface area contributed by atoms with Crippen LogP contribution in [0.2, 0.25) is 0 Å². The van der Waals surface area contributed by atoms with E-state index in [-0.39, 0.29) is 18.3 Å². The van der Waals surface area contributed by atoms with Gasteiger partial charge in [0.1, 0.15) is 12.4 Å².